The largest absolute Gasteiger partial charge is 0.381 e. The third-order valence-corrected chi connectivity index (χ3v) is 3.52. The SMILES string of the molecule is NC(CC1CCOCC1)c1cncc(Br)c1. The number of pyridine rings is 1. The highest BCUT2D eigenvalue weighted by atomic mass is 79.9. The molecule has 0 bridgehead atoms. The number of ether oxygens (including phenoxy) is 1. The van der Waals surface area contributed by atoms with Crippen molar-refractivity contribution in [2.45, 2.75) is 25.3 Å². The summed E-state index contributed by atoms with van der Waals surface area (Å²) in [7, 11) is 0. The van der Waals surface area contributed by atoms with E-state index in [1.807, 2.05) is 6.20 Å². The smallest absolute Gasteiger partial charge is 0.0468 e. The Hall–Kier alpha value is -0.450. The Morgan fingerprint density at radius 1 is 1.44 bits per heavy atom. The van der Waals surface area contributed by atoms with Crippen LogP contribution < -0.4 is 5.73 Å². The first-order valence-corrected chi connectivity index (χ1v) is 6.49. The van der Waals surface area contributed by atoms with Crippen LogP contribution in [0.1, 0.15) is 30.9 Å². The van der Waals surface area contributed by atoms with Crippen LogP contribution in [-0.4, -0.2) is 18.2 Å². The number of halogens is 1. The standard InChI is InChI=1S/C12H17BrN2O/c13-11-6-10(7-15-8-11)12(14)5-9-1-3-16-4-2-9/h6-9,12H,1-5,14H2. The van der Waals surface area contributed by atoms with E-state index in [9.17, 15) is 0 Å². The normalized spacial score (nSPS) is 19.6. The molecule has 0 radical (unpaired) electrons. The fourth-order valence-corrected chi connectivity index (χ4v) is 2.49. The van der Waals surface area contributed by atoms with Crippen molar-refractivity contribution < 1.29 is 4.74 Å². The summed E-state index contributed by atoms with van der Waals surface area (Å²) in [6.07, 6.45) is 6.94. The molecule has 1 fully saturated rings. The van der Waals surface area contributed by atoms with Crippen molar-refractivity contribution in [2.24, 2.45) is 11.7 Å². The van der Waals surface area contributed by atoms with Crippen LogP contribution in [0.5, 0.6) is 0 Å². The Bertz CT molecular complexity index is 340. The summed E-state index contributed by atoms with van der Waals surface area (Å²) in [5, 5.41) is 0. The molecule has 0 spiro atoms. The molecular formula is C12H17BrN2O. The molecule has 1 aromatic rings. The van der Waals surface area contributed by atoms with E-state index in [-0.39, 0.29) is 6.04 Å². The zero-order valence-corrected chi connectivity index (χ0v) is 10.8. The Labute approximate surface area is 105 Å². The lowest BCUT2D eigenvalue weighted by atomic mass is 9.90. The van der Waals surface area contributed by atoms with Gasteiger partial charge in [-0.1, -0.05) is 0 Å². The molecular weight excluding hydrogens is 268 g/mol. The Kier molecular flexibility index (Phi) is 4.32. The van der Waals surface area contributed by atoms with Gasteiger partial charge in [0.2, 0.25) is 0 Å². The second-order valence-electron chi connectivity index (χ2n) is 4.33. The summed E-state index contributed by atoms with van der Waals surface area (Å²) >= 11 is 3.42. The summed E-state index contributed by atoms with van der Waals surface area (Å²) < 4.78 is 6.34. The Balaban J connectivity index is 1.94. The van der Waals surface area contributed by atoms with Crippen molar-refractivity contribution >= 4 is 15.9 Å². The third kappa shape index (κ3) is 3.27. The van der Waals surface area contributed by atoms with Gasteiger partial charge in [0.05, 0.1) is 0 Å². The molecule has 0 saturated carbocycles. The van der Waals surface area contributed by atoms with Crippen LogP contribution in [0.25, 0.3) is 0 Å². The molecule has 1 saturated heterocycles. The molecule has 1 atom stereocenters. The van der Waals surface area contributed by atoms with E-state index in [1.54, 1.807) is 6.20 Å². The van der Waals surface area contributed by atoms with Gasteiger partial charge in [-0.2, -0.15) is 0 Å². The van der Waals surface area contributed by atoms with Gasteiger partial charge in [-0.05, 0) is 52.7 Å². The van der Waals surface area contributed by atoms with Crippen LogP contribution >= 0.6 is 15.9 Å². The van der Waals surface area contributed by atoms with Gasteiger partial charge in [-0.3, -0.25) is 4.98 Å². The number of aromatic nitrogens is 1. The van der Waals surface area contributed by atoms with Crippen molar-refractivity contribution in [2.75, 3.05) is 13.2 Å². The van der Waals surface area contributed by atoms with Crippen molar-refractivity contribution in [3.05, 3.63) is 28.5 Å². The molecule has 16 heavy (non-hydrogen) atoms. The van der Waals surface area contributed by atoms with Crippen LogP contribution in [0.3, 0.4) is 0 Å². The van der Waals surface area contributed by atoms with Gasteiger partial charge in [0.25, 0.3) is 0 Å². The zero-order valence-electron chi connectivity index (χ0n) is 9.23. The maximum absolute atomic E-state index is 6.19. The molecule has 1 aliphatic heterocycles. The number of nitrogens with two attached hydrogens (primary N) is 1. The number of nitrogens with zero attached hydrogens (tertiary/aromatic N) is 1. The number of hydrogen-bond donors (Lipinski definition) is 1. The lowest BCUT2D eigenvalue weighted by Gasteiger charge is -2.24. The summed E-state index contributed by atoms with van der Waals surface area (Å²) in [6.45, 7) is 1.77. The van der Waals surface area contributed by atoms with E-state index in [1.165, 1.54) is 0 Å². The second-order valence-corrected chi connectivity index (χ2v) is 5.25. The first-order valence-electron chi connectivity index (χ1n) is 5.69. The molecule has 3 nitrogen and oxygen atoms in total. The highest BCUT2D eigenvalue weighted by Crippen LogP contribution is 2.26. The molecule has 0 amide bonds. The van der Waals surface area contributed by atoms with E-state index in [0.29, 0.717) is 5.92 Å². The Morgan fingerprint density at radius 3 is 2.88 bits per heavy atom. The summed E-state index contributed by atoms with van der Waals surface area (Å²) in [5.74, 6) is 0.697. The van der Waals surface area contributed by atoms with Crippen LogP contribution in [0, 0.1) is 5.92 Å². The molecule has 2 heterocycles. The lowest BCUT2D eigenvalue weighted by molar-refractivity contribution is 0.0618. The fourth-order valence-electron chi connectivity index (χ4n) is 2.11. The average molecular weight is 285 g/mol. The molecule has 0 aliphatic carbocycles. The molecule has 2 rings (SSSR count). The molecule has 1 aromatic heterocycles. The maximum atomic E-state index is 6.19. The van der Waals surface area contributed by atoms with Gasteiger partial charge < -0.3 is 10.5 Å². The first kappa shape index (κ1) is 12.0. The van der Waals surface area contributed by atoms with Gasteiger partial charge in [0, 0.05) is 36.1 Å². The van der Waals surface area contributed by atoms with Crippen molar-refractivity contribution in [1.29, 1.82) is 0 Å². The molecule has 88 valence electrons. The maximum Gasteiger partial charge on any atom is 0.0468 e. The molecule has 1 unspecified atom stereocenters. The van der Waals surface area contributed by atoms with Crippen LogP contribution in [0.4, 0.5) is 0 Å². The van der Waals surface area contributed by atoms with Gasteiger partial charge in [-0.15, -0.1) is 0 Å². The number of hydrogen-bond acceptors (Lipinski definition) is 3. The minimum Gasteiger partial charge on any atom is -0.381 e. The van der Waals surface area contributed by atoms with E-state index < -0.39 is 0 Å². The van der Waals surface area contributed by atoms with Crippen LogP contribution in [0.2, 0.25) is 0 Å². The van der Waals surface area contributed by atoms with Gasteiger partial charge in [0.15, 0.2) is 0 Å². The zero-order chi connectivity index (χ0) is 11.4. The van der Waals surface area contributed by atoms with Crippen LogP contribution in [-0.2, 0) is 4.74 Å². The average Bonchev–Trinajstić information content (AvgIpc) is 2.30. The quantitative estimate of drug-likeness (QED) is 0.928. The minimum absolute atomic E-state index is 0.0908. The van der Waals surface area contributed by atoms with E-state index in [4.69, 9.17) is 10.5 Å². The fraction of sp³-hybridized carbons (Fsp3) is 0.583. The van der Waals surface area contributed by atoms with Gasteiger partial charge in [-0.25, -0.2) is 0 Å². The number of rotatable bonds is 3. The predicted octanol–water partition coefficient (Wildman–Crippen LogP) is 2.66. The second kappa shape index (κ2) is 5.75. The van der Waals surface area contributed by atoms with Crippen molar-refractivity contribution in [1.82, 2.24) is 4.98 Å². The van der Waals surface area contributed by atoms with Gasteiger partial charge >= 0.3 is 0 Å². The first-order chi connectivity index (χ1) is 7.75. The molecule has 0 aromatic carbocycles. The van der Waals surface area contributed by atoms with E-state index >= 15 is 0 Å². The molecule has 2 N–H and O–H groups in total. The highest BCUT2D eigenvalue weighted by molar-refractivity contribution is 9.10. The highest BCUT2D eigenvalue weighted by Gasteiger charge is 2.18. The third-order valence-electron chi connectivity index (χ3n) is 3.08. The van der Waals surface area contributed by atoms with Crippen LogP contribution in [0.15, 0.2) is 22.9 Å². The van der Waals surface area contributed by atoms with Crippen molar-refractivity contribution in [3.8, 4) is 0 Å². The lowest BCUT2D eigenvalue weighted by Crippen LogP contribution is -2.21. The summed E-state index contributed by atoms with van der Waals surface area (Å²) in [4.78, 5) is 4.15. The topological polar surface area (TPSA) is 48.1 Å². The molecule has 1 aliphatic rings. The molecule has 4 heteroatoms. The Morgan fingerprint density at radius 2 is 2.19 bits per heavy atom. The van der Waals surface area contributed by atoms with E-state index in [2.05, 4.69) is 27.0 Å². The minimum atomic E-state index is 0.0908. The van der Waals surface area contributed by atoms with E-state index in [0.717, 1.165) is 42.5 Å². The van der Waals surface area contributed by atoms with Crippen molar-refractivity contribution in [3.63, 3.8) is 0 Å². The monoisotopic (exact) mass is 284 g/mol. The predicted molar refractivity (Wildman–Crippen MR) is 67.0 cm³/mol. The summed E-state index contributed by atoms with van der Waals surface area (Å²) in [6, 6.07) is 2.14. The summed E-state index contributed by atoms with van der Waals surface area (Å²) in [5.41, 5.74) is 7.30. The van der Waals surface area contributed by atoms with Gasteiger partial charge in [0.1, 0.15) is 0 Å².